The van der Waals surface area contributed by atoms with Crippen LogP contribution in [-0.2, 0) is 12.8 Å². The van der Waals surface area contributed by atoms with Crippen molar-refractivity contribution >= 4 is 17.4 Å². The highest BCUT2D eigenvalue weighted by Crippen LogP contribution is 2.33. The van der Waals surface area contributed by atoms with Crippen LogP contribution < -0.4 is 19.5 Å². The van der Waals surface area contributed by atoms with Crippen LogP contribution in [-0.4, -0.2) is 36.0 Å². The molecule has 0 radical (unpaired) electrons. The van der Waals surface area contributed by atoms with Crippen LogP contribution in [0.3, 0.4) is 0 Å². The first kappa shape index (κ1) is 23.3. The molecule has 0 fully saturated rings. The molecule has 174 valence electrons. The van der Waals surface area contributed by atoms with Gasteiger partial charge in [-0.15, -0.1) is 0 Å². The van der Waals surface area contributed by atoms with E-state index in [4.69, 9.17) is 14.2 Å². The van der Waals surface area contributed by atoms with Gasteiger partial charge < -0.3 is 19.5 Å². The van der Waals surface area contributed by atoms with Crippen LogP contribution in [0.25, 0.3) is 0 Å². The number of amides is 1. The van der Waals surface area contributed by atoms with Crippen molar-refractivity contribution in [1.29, 1.82) is 0 Å². The van der Waals surface area contributed by atoms with Gasteiger partial charge in [0.05, 0.1) is 14.2 Å². The summed E-state index contributed by atoms with van der Waals surface area (Å²) in [5, 5.41) is 3.32. The Morgan fingerprint density at radius 2 is 1.74 bits per heavy atom. The molecule has 0 saturated carbocycles. The highest BCUT2D eigenvalue weighted by atomic mass is 32.1. The van der Waals surface area contributed by atoms with Gasteiger partial charge in [-0.1, -0.05) is 42.5 Å². The molecule has 34 heavy (non-hydrogen) atoms. The van der Waals surface area contributed by atoms with Gasteiger partial charge in [0, 0.05) is 30.1 Å². The molecule has 0 atom stereocenters. The lowest BCUT2D eigenvalue weighted by atomic mass is 10.1. The van der Waals surface area contributed by atoms with Crippen LogP contribution in [0, 0.1) is 0 Å². The summed E-state index contributed by atoms with van der Waals surface area (Å²) in [6, 6.07) is 22.9. The first-order valence-corrected chi connectivity index (χ1v) is 11.6. The number of ether oxygens (including phenoxy) is 3. The number of nitrogens with one attached hydrogen (secondary N) is 1. The largest absolute Gasteiger partial charge is 0.497 e. The Bertz CT molecular complexity index is 1240. The average molecular weight is 476 g/mol. The minimum atomic E-state index is -0.181. The number of rotatable bonds is 10. The zero-order chi connectivity index (χ0) is 23.8. The summed E-state index contributed by atoms with van der Waals surface area (Å²) in [6.07, 6.45) is 1.31. The van der Waals surface area contributed by atoms with E-state index in [1.807, 2.05) is 54.6 Å². The molecule has 0 bridgehead atoms. The maximum absolute atomic E-state index is 12.7. The molecule has 0 aliphatic heterocycles. The number of carbonyl (C=O) groups is 1. The van der Waals surface area contributed by atoms with Crippen LogP contribution in [0.4, 0.5) is 0 Å². The average Bonchev–Trinajstić information content (AvgIpc) is 3.31. The number of aromatic nitrogens is 2. The molecule has 1 aromatic heterocycles. The van der Waals surface area contributed by atoms with E-state index < -0.39 is 0 Å². The van der Waals surface area contributed by atoms with Crippen molar-refractivity contribution in [2.75, 3.05) is 20.8 Å². The molecular weight excluding hydrogens is 450 g/mol. The third-order valence-corrected chi connectivity index (χ3v) is 5.74. The van der Waals surface area contributed by atoms with Gasteiger partial charge >= 0.3 is 0 Å². The van der Waals surface area contributed by atoms with Crippen molar-refractivity contribution in [2.45, 2.75) is 12.8 Å². The summed E-state index contributed by atoms with van der Waals surface area (Å²) in [5.74, 6) is 2.15. The molecule has 3 aromatic carbocycles. The van der Waals surface area contributed by atoms with E-state index in [-0.39, 0.29) is 5.91 Å². The second-order valence-corrected chi connectivity index (χ2v) is 8.18. The molecule has 8 heteroatoms. The molecule has 0 saturated heterocycles. The third kappa shape index (κ3) is 6.11. The second kappa shape index (κ2) is 11.3. The molecular formula is C26H25N3O4S. The van der Waals surface area contributed by atoms with Gasteiger partial charge in [0.1, 0.15) is 5.75 Å². The quantitative estimate of drug-likeness (QED) is 0.351. The Morgan fingerprint density at radius 1 is 0.912 bits per heavy atom. The molecule has 0 aliphatic rings. The minimum Gasteiger partial charge on any atom is -0.497 e. The number of nitrogens with zero attached hydrogens (tertiary/aromatic N) is 2. The molecule has 0 aliphatic carbocycles. The summed E-state index contributed by atoms with van der Waals surface area (Å²) in [6.45, 7) is 0.537. The van der Waals surface area contributed by atoms with Crippen molar-refractivity contribution in [3.8, 4) is 22.4 Å². The maximum Gasteiger partial charge on any atom is 0.298 e. The zero-order valence-electron chi connectivity index (χ0n) is 19.0. The molecule has 1 N–H and O–H groups in total. The van der Waals surface area contributed by atoms with E-state index in [1.54, 1.807) is 32.4 Å². The van der Waals surface area contributed by atoms with Gasteiger partial charge in [-0.3, -0.25) is 4.79 Å². The Hall–Kier alpha value is -3.91. The summed E-state index contributed by atoms with van der Waals surface area (Å²) in [4.78, 5) is 17.1. The molecule has 4 aromatic rings. The molecule has 0 unspecified atom stereocenters. The lowest BCUT2D eigenvalue weighted by Gasteiger charge is -2.10. The molecule has 1 amide bonds. The molecule has 0 spiro atoms. The summed E-state index contributed by atoms with van der Waals surface area (Å²) >= 11 is 1.15. The third-order valence-electron chi connectivity index (χ3n) is 5.11. The van der Waals surface area contributed by atoms with Gasteiger partial charge in [-0.2, -0.15) is 9.36 Å². The van der Waals surface area contributed by atoms with Crippen molar-refractivity contribution in [2.24, 2.45) is 0 Å². The summed E-state index contributed by atoms with van der Waals surface area (Å²) in [5.41, 5.74) is 2.68. The molecule has 1 heterocycles. The first-order valence-electron chi connectivity index (χ1n) is 10.8. The lowest BCUT2D eigenvalue weighted by molar-refractivity contribution is 0.0953. The Morgan fingerprint density at radius 3 is 2.53 bits per heavy atom. The minimum absolute atomic E-state index is 0.181. The highest BCUT2D eigenvalue weighted by molar-refractivity contribution is 7.07. The van der Waals surface area contributed by atoms with Crippen molar-refractivity contribution < 1.29 is 19.0 Å². The predicted molar refractivity (Wildman–Crippen MR) is 131 cm³/mol. The van der Waals surface area contributed by atoms with Gasteiger partial charge in [-0.05, 0) is 47.9 Å². The van der Waals surface area contributed by atoms with E-state index in [0.717, 1.165) is 29.3 Å². The Balaban J connectivity index is 1.41. The van der Waals surface area contributed by atoms with Crippen LogP contribution in [0.2, 0.25) is 0 Å². The van der Waals surface area contributed by atoms with Gasteiger partial charge in [0.15, 0.2) is 17.3 Å². The van der Waals surface area contributed by atoms with Crippen LogP contribution in [0.5, 0.6) is 22.4 Å². The maximum atomic E-state index is 12.7. The number of methoxy groups -OCH3 is 2. The number of carbonyl (C=O) groups excluding carboxylic acids is 1. The standard InChI is InChI=1S/C26H25N3O4S/c1-31-21-10-6-9-19(15-21)16-24-28-26(34-29-24)33-23-17-20(11-12-22(23)32-2)25(30)27-14-13-18-7-4-3-5-8-18/h3-12,15,17H,13-14,16H2,1-2H3,(H,27,30). The van der Waals surface area contributed by atoms with Crippen LogP contribution >= 0.6 is 11.5 Å². The number of hydrogen-bond donors (Lipinski definition) is 1. The number of benzene rings is 3. The lowest BCUT2D eigenvalue weighted by Crippen LogP contribution is -2.25. The smallest absolute Gasteiger partial charge is 0.298 e. The van der Waals surface area contributed by atoms with Crippen LogP contribution in [0.1, 0.15) is 27.3 Å². The molecule has 7 nitrogen and oxygen atoms in total. The van der Waals surface area contributed by atoms with Crippen LogP contribution in [0.15, 0.2) is 72.8 Å². The zero-order valence-corrected chi connectivity index (χ0v) is 19.8. The Kier molecular flexibility index (Phi) is 7.72. The Labute approximate surface area is 202 Å². The second-order valence-electron chi connectivity index (χ2n) is 7.46. The van der Waals surface area contributed by atoms with Crippen molar-refractivity contribution in [3.63, 3.8) is 0 Å². The fourth-order valence-corrected chi connectivity index (χ4v) is 3.94. The predicted octanol–water partition coefficient (Wildman–Crippen LogP) is 4.91. The number of hydrogen-bond acceptors (Lipinski definition) is 7. The fraction of sp³-hybridized carbons (Fsp3) is 0.192. The van der Waals surface area contributed by atoms with Gasteiger partial charge in [-0.25, -0.2) is 0 Å². The summed E-state index contributed by atoms with van der Waals surface area (Å²) in [7, 11) is 3.19. The monoisotopic (exact) mass is 475 g/mol. The molecule has 4 rings (SSSR count). The highest BCUT2D eigenvalue weighted by Gasteiger charge is 2.15. The van der Waals surface area contributed by atoms with Gasteiger partial charge in [0.25, 0.3) is 11.1 Å². The first-order chi connectivity index (χ1) is 16.6. The van der Waals surface area contributed by atoms with E-state index in [9.17, 15) is 4.79 Å². The van der Waals surface area contributed by atoms with Crippen molar-refractivity contribution in [1.82, 2.24) is 14.7 Å². The van der Waals surface area contributed by atoms with E-state index in [1.165, 1.54) is 5.56 Å². The summed E-state index contributed by atoms with van der Waals surface area (Å²) < 4.78 is 21.0. The van der Waals surface area contributed by atoms with E-state index in [0.29, 0.717) is 41.0 Å². The SMILES string of the molecule is COc1cccc(Cc2nsc(Oc3cc(C(=O)NCCc4ccccc4)ccc3OC)n2)c1. The normalized spacial score (nSPS) is 10.5. The fourth-order valence-electron chi connectivity index (χ4n) is 3.38. The van der Waals surface area contributed by atoms with E-state index in [2.05, 4.69) is 14.7 Å². The van der Waals surface area contributed by atoms with E-state index >= 15 is 0 Å². The topological polar surface area (TPSA) is 82.6 Å². The van der Waals surface area contributed by atoms with Crippen molar-refractivity contribution in [3.05, 3.63) is 95.3 Å². The van der Waals surface area contributed by atoms with Gasteiger partial charge in [0.2, 0.25) is 0 Å².